The van der Waals surface area contributed by atoms with E-state index in [4.69, 9.17) is 25.8 Å². The molecular formula is C39H45ClN4O4. The second kappa shape index (κ2) is 14.8. The van der Waals surface area contributed by atoms with Gasteiger partial charge in [0.05, 0.1) is 13.2 Å². The number of hydrogen-bond donors (Lipinski definition) is 0. The van der Waals surface area contributed by atoms with Crippen LogP contribution in [0.5, 0.6) is 11.5 Å². The van der Waals surface area contributed by atoms with Crippen LogP contribution >= 0.6 is 11.6 Å². The highest BCUT2D eigenvalue weighted by Gasteiger charge is 2.62. The summed E-state index contributed by atoms with van der Waals surface area (Å²) < 4.78 is 18.2. The molecule has 9 heteroatoms. The number of ketones is 1. The van der Waals surface area contributed by atoms with E-state index in [1.807, 2.05) is 12.1 Å². The third-order valence-corrected chi connectivity index (χ3v) is 10.6. The lowest BCUT2D eigenvalue weighted by Crippen LogP contribution is -2.41. The van der Waals surface area contributed by atoms with Crippen molar-refractivity contribution in [3.63, 3.8) is 0 Å². The lowest BCUT2D eigenvalue weighted by molar-refractivity contribution is -0.0118. The molecule has 3 aromatic rings. The number of nitrogens with zero attached hydrogens (tertiary/aromatic N) is 4. The van der Waals surface area contributed by atoms with Gasteiger partial charge in [0, 0.05) is 85.5 Å². The molecule has 1 spiro atoms. The smallest absolute Gasteiger partial charge is 0.358 e. The number of Topliss-reactive ketones (excluding diaryl/α,β-unsaturated/α-hetero) is 1. The highest BCUT2D eigenvalue weighted by Crippen LogP contribution is 2.57. The highest BCUT2D eigenvalue weighted by atomic mass is 35.5. The Morgan fingerprint density at radius 1 is 0.729 bits per heavy atom. The molecule has 3 heterocycles. The first-order valence-corrected chi connectivity index (χ1v) is 18.3. The molecule has 48 heavy (non-hydrogen) atoms. The Bertz CT molecular complexity index is 1630. The van der Waals surface area contributed by atoms with E-state index in [9.17, 15) is 10.3 Å². The number of benzene rings is 3. The second-order valence-electron chi connectivity index (χ2n) is 13.3. The highest BCUT2D eigenvalue weighted by molar-refractivity contribution is 6.52. The number of halogens is 1. The predicted molar refractivity (Wildman–Crippen MR) is 190 cm³/mol. The Morgan fingerprint density at radius 3 is 1.90 bits per heavy atom. The van der Waals surface area contributed by atoms with Gasteiger partial charge in [-0.3, -0.25) is 4.79 Å². The number of carbonyl (C=O) groups is 1. The fourth-order valence-corrected chi connectivity index (χ4v) is 7.66. The second-order valence-corrected chi connectivity index (χ2v) is 13.7. The van der Waals surface area contributed by atoms with Gasteiger partial charge in [-0.15, -0.1) is 11.6 Å². The first kappa shape index (κ1) is 32.8. The Labute approximate surface area is 288 Å². The van der Waals surface area contributed by atoms with Gasteiger partial charge in [-0.2, -0.15) is 4.79 Å². The van der Waals surface area contributed by atoms with E-state index >= 15 is 0 Å². The number of aryl methyl sites for hydroxylation is 1. The summed E-state index contributed by atoms with van der Waals surface area (Å²) in [5, 5.41) is 0. The van der Waals surface area contributed by atoms with Gasteiger partial charge < -0.3 is 29.5 Å². The first-order chi connectivity index (χ1) is 23.6. The van der Waals surface area contributed by atoms with Crippen molar-refractivity contribution in [2.75, 3.05) is 68.3 Å². The molecule has 7 rings (SSSR count). The maximum atomic E-state index is 14.0. The zero-order valence-corrected chi connectivity index (χ0v) is 28.5. The fourth-order valence-electron chi connectivity index (χ4n) is 7.47. The van der Waals surface area contributed by atoms with Crippen molar-refractivity contribution in [2.24, 2.45) is 0 Å². The average molecular weight is 669 g/mol. The molecule has 0 radical (unpaired) electrons. The predicted octanol–water partition coefficient (Wildman–Crippen LogP) is 7.57. The summed E-state index contributed by atoms with van der Waals surface area (Å²) in [4.78, 5) is 22.4. The molecule has 1 aliphatic carbocycles. The summed E-state index contributed by atoms with van der Waals surface area (Å²) in [6.45, 7) is 6.75. The molecule has 0 saturated carbocycles. The topological polar surface area (TPSA) is 87.6 Å². The minimum absolute atomic E-state index is 0.125. The summed E-state index contributed by atoms with van der Waals surface area (Å²) in [7, 11) is 0. The lowest BCUT2D eigenvalue weighted by atomic mass is 9.67. The fraction of sp³-hybridized carbons (Fsp3) is 0.487. The van der Waals surface area contributed by atoms with Gasteiger partial charge in [-0.1, -0.05) is 43.2 Å². The standard InChI is InChI=1S/C39H45ClN4O4/c40-16-4-1-2-5-21-46-23-24-47-22-6-3-9-28-10-13-31-34(25-28)39(38(42-41)37(31)45)32-14-11-29(43-17-7-18-43)26-35(32)48-36-27-30(12-15-33(36)39)44-19-8-20-44/h10-15,25-27H,1-9,16-24H2. The van der Waals surface area contributed by atoms with Gasteiger partial charge >= 0.3 is 5.71 Å². The number of anilines is 2. The van der Waals surface area contributed by atoms with Crippen LogP contribution in [-0.4, -0.2) is 74.8 Å². The maximum Gasteiger partial charge on any atom is 0.358 e. The molecule has 2 fully saturated rings. The van der Waals surface area contributed by atoms with Gasteiger partial charge in [0.15, 0.2) is 5.41 Å². The Kier molecular flexibility index (Phi) is 10.2. The summed E-state index contributed by atoms with van der Waals surface area (Å²) in [5.41, 5.74) is 16.0. The largest absolute Gasteiger partial charge is 0.457 e. The van der Waals surface area contributed by atoms with Crippen LogP contribution in [0, 0.1) is 0 Å². The van der Waals surface area contributed by atoms with E-state index in [2.05, 4.69) is 57.1 Å². The minimum Gasteiger partial charge on any atom is -0.457 e. The van der Waals surface area contributed by atoms with Crippen LogP contribution in [0.2, 0.25) is 0 Å². The molecule has 4 aliphatic rings. The summed E-state index contributed by atoms with van der Waals surface area (Å²) in [6.07, 6.45) is 9.55. The van der Waals surface area contributed by atoms with Crippen LogP contribution in [0.4, 0.5) is 11.4 Å². The van der Waals surface area contributed by atoms with E-state index in [0.29, 0.717) is 36.9 Å². The summed E-state index contributed by atoms with van der Waals surface area (Å²) in [6, 6.07) is 18.6. The molecule has 0 amide bonds. The van der Waals surface area contributed by atoms with Gasteiger partial charge in [-0.05, 0) is 68.2 Å². The van der Waals surface area contributed by atoms with Gasteiger partial charge in [-0.25, -0.2) is 0 Å². The molecule has 3 aliphatic heterocycles. The number of hydrogen-bond acceptors (Lipinski definition) is 6. The van der Waals surface area contributed by atoms with E-state index in [-0.39, 0.29) is 11.5 Å². The van der Waals surface area contributed by atoms with Crippen LogP contribution in [0.15, 0.2) is 54.6 Å². The Morgan fingerprint density at radius 2 is 1.33 bits per heavy atom. The quantitative estimate of drug-likeness (QED) is 0.0677. The molecule has 2 saturated heterocycles. The molecule has 0 aromatic heterocycles. The number of ether oxygens (including phenoxy) is 3. The molecule has 0 bridgehead atoms. The number of rotatable bonds is 16. The minimum atomic E-state index is -1.08. The van der Waals surface area contributed by atoms with E-state index in [1.165, 1.54) is 12.8 Å². The molecule has 0 unspecified atom stereocenters. The molecule has 8 nitrogen and oxygen atoms in total. The van der Waals surface area contributed by atoms with Crippen molar-refractivity contribution < 1.29 is 23.8 Å². The van der Waals surface area contributed by atoms with Crippen LogP contribution in [0.3, 0.4) is 0 Å². The van der Waals surface area contributed by atoms with Crippen molar-refractivity contribution >= 4 is 34.5 Å². The van der Waals surface area contributed by atoms with Crippen LogP contribution in [-0.2, 0) is 21.3 Å². The van der Waals surface area contributed by atoms with Gasteiger partial charge in [0.1, 0.15) is 11.5 Å². The van der Waals surface area contributed by atoms with Crippen molar-refractivity contribution in [3.05, 3.63) is 87.9 Å². The molecule has 0 atom stereocenters. The number of unbranched alkanes of at least 4 members (excludes halogenated alkanes) is 4. The van der Waals surface area contributed by atoms with Crippen molar-refractivity contribution in [2.45, 2.75) is 63.2 Å². The van der Waals surface area contributed by atoms with Crippen molar-refractivity contribution in [1.29, 1.82) is 0 Å². The molecule has 3 aromatic carbocycles. The first-order valence-electron chi connectivity index (χ1n) is 17.7. The van der Waals surface area contributed by atoms with Crippen molar-refractivity contribution in [1.82, 2.24) is 0 Å². The van der Waals surface area contributed by atoms with E-state index in [0.717, 1.165) is 117 Å². The van der Waals surface area contributed by atoms with Gasteiger partial charge in [0.25, 0.3) is 5.78 Å². The summed E-state index contributed by atoms with van der Waals surface area (Å²) in [5.74, 6) is 1.89. The number of fused-ring (bicyclic) bond motifs is 6. The maximum absolute atomic E-state index is 14.0. The molecular weight excluding hydrogens is 624 g/mol. The average Bonchev–Trinajstić information content (AvgIpc) is 3.28. The SMILES string of the molecule is [N-]=[N+]=C1C(=O)c2ccc(CCCCOCCOCCCCCCCl)cc2C12c1ccc(N3CCC3)cc1Oc1cc(N3CCC3)ccc12. The lowest BCUT2D eigenvalue weighted by Gasteiger charge is -2.39. The zero-order chi connectivity index (χ0) is 32.9. The van der Waals surface area contributed by atoms with E-state index in [1.54, 1.807) is 0 Å². The van der Waals surface area contributed by atoms with Crippen LogP contribution in [0.1, 0.15) is 84.0 Å². The third kappa shape index (κ3) is 6.16. The number of carbonyl (C=O) groups excluding carboxylic acids is 1. The summed E-state index contributed by atoms with van der Waals surface area (Å²) >= 11 is 5.73. The third-order valence-electron chi connectivity index (χ3n) is 10.4. The van der Waals surface area contributed by atoms with Gasteiger partial charge in [0.2, 0.25) is 0 Å². The monoisotopic (exact) mass is 668 g/mol. The zero-order valence-electron chi connectivity index (χ0n) is 27.7. The Hall–Kier alpha value is -3.68. The number of alkyl halides is 1. The van der Waals surface area contributed by atoms with Crippen LogP contribution in [0.25, 0.3) is 5.53 Å². The van der Waals surface area contributed by atoms with E-state index < -0.39 is 5.41 Å². The molecule has 0 N–H and O–H groups in total. The molecule has 252 valence electrons. The van der Waals surface area contributed by atoms with Crippen molar-refractivity contribution in [3.8, 4) is 11.5 Å². The normalized spacial score (nSPS) is 16.9. The van der Waals surface area contributed by atoms with Crippen LogP contribution < -0.4 is 14.5 Å². The Balaban J connectivity index is 1.10.